The van der Waals surface area contributed by atoms with Crippen molar-refractivity contribution in [3.63, 3.8) is 0 Å². The minimum absolute atomic E-state index is 0. The van der Waals surface area contributed by atoms with Crippen LogP contribution in [0.25, 0.3) is 23.5 Å². The van der Waals surface area contributed by atoms with Gasteiger partial charge >= 0.3 is 23.0 Å². The van der Waals surface area contributed by atoms with Crippen molar-refractivity contribution in [2.45, 2.75) is 73.6 Å². The van der Waals surface area contributed by atoms with Crippen LogP contribution in [0.2, 0.25) is 0 Å². The number of carbonyl (C=O) groups excluding carboxylic acids is 5. The molecule has 10 nitrogen and oxygen atoms in total. The molecule has 0 unspecified atom stereocenters. The fourth-order valence-electron chi connectivity index (χ4n) is 5.80. The van der Waals surface area contributed by atoms with Crippen LogP contribution in [0.1, 0.15) is 89.2 Å². The molecule has 52 heavy (non-hydrogen) atoms. The van der Waals surface area contributed by atoms with Gasteiger partial charge in [0.05, 0.1) is 29.4 Å². The van der Waals surface area contributed by atoms with Gasteiger partial charge in [0, 0.05) is 36.1 Å². The smallest absolute Gasteiger partial charge is 0.792 e. The number of carbonyl (C=O) groups is 5. The van der Waals surface area contributed by atoms with Crippen LogP contribution >= 0.6 is 0 Å². The van der Waals surface area contributed by atoms with Gasteiger partial charge in [-0.25, -0.2) is 4.99 Å². The van der Waals surface area contributed by atoms with Gasteiger partial charge in [-0.15, -0.1) is 11.4 Å². The van der Waals surface area contributed by atoms with Gasteiger partial charge in [0.25, 0.3) is 0 Å². The Morgan fingerprint density at radius 1 is 0.962 bits per heavy atom. The largest absolute Gasteiger partial charge is 3.00 e. The summed E-state index contributed by atoms with van der Waals surface area (Å²) in [6.45, 7) is 18.4. The second-order valence-electron chi connectivity index (χ2n) is 12.6. The predicted molar refractivity (Wildman–Crippen MR) is 202 cm³/mol. The second-order valence-corrected chi connectivity index (χ2v) is 13.0. The zero-order valence-electron chi connectivity index (χ0n) is 30.2. The van der Waals surface area contributed by atoms with Crippen molar-refractivity contribution in [3.05, 3.63) is 104 Å². The zero-order valence-corrected chi connectivity index (χ0v) is 32.1. The van der Waals surface area contributed by atoms with Crippen molar-refractivity contribution in [3.8, 4) is 0 Å². The Morgan fingerprint density at radius 2 is 1.65 bits per heavy atom. The molecule has 1 amide bonds. The molecule has 0 bridgehead atoms. The van der Waals surface area contributed by atoms with Gasteiger partial charge in [-0.3, -0.25) is 14.6 Å². The number of ether oxygens (including phenoxy) is 1. The first-order chi connectivity index (χ1) is 24.2. The van der Waals surface area contributed by atoms with E-state index < -0.39 is 0 Å². The third kappa shape index (κ3) is 9.61. The van der Waals surface area contributed by atoms with Gasteiger partial charge in [-0.2, -0.15) is 5.75 Å². The first-order valence-electron chi connectivity index (χ1n) is 16.6. The molecule has 0 spiro atoms. The number of Topliss-reactive ketones (excluding diaryl/α,β-unsaturated/α-hetero) is 3. The van der Waals surface area contributed by atoms with E-state index in [1.165, 1.54) is 13.8 Å². The maximum atomic E-state index is 12.3. The predicted octanol–water partition coefficient (Wildman–Crippen LogP) is 7.11. The minimum Gasteiger partial charge on any atom is -0.792 e. The molecule has 0 N–H and O–H groups in total. The standard InChI is InChI=1S/C33H31N4O4.C7H12O2S.Fe/c1-7-22-19(5)26(35-28(22)13-25-18(4)21(16-34-25)10-9-17(3)38)14-29-23(8-2)20(6)27(36-29)15-30-32-24(33(40)37-30)11-12-31(39)41-32;1-5(8)3-7(4-10)6(2)9;/h7-8,13-16H,1-2,9-12H2,3-6H3,(H-,34,35,36,37,40);7,10H,3-4H2,1-2H3;/q-1;;+3/p-2/t;7-;/m.0./s1. The molecule has 0 saturated carbocycles. The quantitative estimate of drug-likeness (QED) is 0.124. The van der Waals surface area contributed by atoms with E-state index in [-0.39, 0.29) is 64.4 Å². The van der Waals surface area contributed by atoms with Crippen molar-refractivity contribution >= 4 is 72.0 Å². The molecule has 5 rings (SSSR count). The van der Waals surface area contributed by atoms with Crippen LogP contribution in [0.4, 0.5) is 0 Å². The van der Waals surface area contributed by atoms with Crippen LogP contribution in [0.15, 0.2) is 86.0 Å². The molecular weight excluding hydrogens is 720 g/mol. The molecule has 12 heteroatoms. The first-order valence-corrected chi connectivity index (χ1v) is 17.2. The Morgan fingerprint density at radius 3 is 2.23 bits per heavy atom. The van der Waals surface area contributed by atoms with Crippen LogP contribution in [0.5, 0.6) is 0 Å². The van der Waals surface area contributed by atoms with Gasteiger partial charge in [-0.05, 0) is 82.7 Å². The van der Waals surface area contributed by atoms with Crippen LogP contribution in [0.3, 0.4) is 0 Å². The van der Waals surface area contributed by atoms with E-state index in [0.29, 0.717) is 54.1 Å². The van der Waals surface area contributed by atoms with Gasteiger partial charge in [0.2, 0.25) is 0 Å². The van der Waals surface area contributed by atoms with E-state index in [4.69, 9.17) is 27.3 Å². The van der Waals surface area contributed by atoms with E-state index in [1.54, 1.807) is 25.2 Å². The van der Waals surface area contributed by atoms with Crippen LogP contribution in [0, 0.1) is 12.8 Å². The summed E-state index contributed by atoms with van der Waals surface area (Å²) in [4.78, 5) is 71.1. The Hall–Kier alpha value is -4.64. The summed E-state index contributed by atoms with van der Waals surface area (Å²) in [5.41, 5.74) is 9.90. The fraction of sp³-hybridized carbons (Fsp3) is 0.325. The van der Waals surface area contributed by atoms with E-state index in [2.05, 4.69) is 23.5 Å². The van der Waals surface area contributed by atoms with E-state index >= 15 is 0 Å². The van der Waals surface area contributed by atoms with Crippen molar-refractivity contribution < 1.29 is 45.8 Å². The number of esters is 1. The summed E-state index contributed by atoms with van der Waals surface area (Å²) in [6, 6.07) is 0. The third-order valence-corrected chi connectivity index (χ3v) is 9.30. The molecule has 0 fully saturated rings. The van der Waals surface area contributed by atoms with Crippen molar-refractivity contribution in [1.29, 1.82) is 0 Å². The van der Waals surface area contributed by atoms with E-state index in [0.717, 1.165) is 50.5 Å². The van der Waals surface area contributed by atoms with Gasteiger partial charge in [0.1, 0.15) is 23.1 Å². The Balaban J connectivity index is 0.000000581. The summed E-state index contributed by atoms with van der Waals surface area (Å²) < 4.78 is 5.35. The number of aliphatic imine (C=N–C) groups is 2. The number of nitrogens with zero attached hydrogens (tertiary/aromatic N) is 4. The summed E-state index contributed by atoms with van der Waals surface area (Å²) >= 11 is 4.70. The molecular formula is C40H41FeN4O6S. The van der Waals surface area contributed by atoms with Crippen LogP contribution in [-0.2, 0) is 58.4 Å². The molecule has 1 atom stereocenters. The van der Waals surface area contributed by atoms with E-state index in [1.807, 2.05) is 39.1 Å². The number of hydrogen-bond acceptors (Lipinski definition) is 9. The first kappa shape index (κ1) is 41.8. The van der Waals surface area contributed by atoms with E-state index in [9.17, 15) is 24.0 Å². The molecule has 4 aliphatic rings. The summed E-state index contributed by atoms with van der Waals surface area (Å²) in [6.07, 6.45) is 12.8. The number of allylic oxidation sites excluding steroid dienone is 5. The number of hydrogen-bond donors (Lipinski definition) is 0. The van der Waals surface area contributed by atoms with Gasteiger partial charge in [-0.1, -0.05) is 48.7 Å². The Kier molecular flexibility index (Phi) is 14.6. The Bertz CT molecular complexity index is 2000. The van der Waals surface area contributed by atoms with Crippen LogP contribution < -0.4 is 4.98 Å². The van der Waals surface area contributed by atoms with Gasteiger partial charge < -0.3 is 42.1 Å². The third-order valence-electron chi connectivity index (χ3n) is 8.90. The molecule has 4 aliphatic heterocycles. The monoisotopic (exact) mass is 761 g/mol. The number of amides is 1. The maximum absolute atomic E-state index is 12.3. The second kappa shape index (κ2) is 18.2. The Labute approximate surface area is 320 Å². The molecule has 0 saturated heterocycles. The minimum atomic E-state index is -0.379. The summed E-state index contributed by atoms with van der Waals surface area (Å²) in [5, 5.41) is 4.11. The molecule has 1 radical (unpaired) electrons. The molecule has 5 heterocycles. The zero-order chi connectivity index (χ0) is 37.6. The molecule has 1 aromatic rings. The maximum Gasteiger partial charge on any atom is 3.00 e. The average molecular weight is 762 g/mol. The topological polar surface area (TPSA) is 148 Å². The van der Waals surface area contributed by atoms with Crippen molar-refractivity contribution in [2.24, 2.45) is 15.9 Å². The SMILES string of the molecule is C=CC1=C(C)C(/C=C2\[N-]C(=O)C3=C2OC(=O)CC3)=NC/1=C\c1[n-]c(/C=C2\N=CC(CCC(C)=O)=C2C)c(C=C)c1C.CC(=O)C[C@@H](C[S-])C(C)=O.[Fe+3]. The molecule has 0 aliphatic carbocycles. The molecule has 0 aromatic carbocycles. The summed E-state index contributed by atoms with van der Waals surface area (Å²) in [5.74, 6) is -0.202. The van der Waals surface area contributed by atoms with Crippen molar-refractivity contribution in [2.75, 3.05) is 5.75 Å². The van der Waals surface area contributed by atoms with Crippen molar-refractivity contribution in [1.82, 2.24) is 4.98 Å². The number of rotatable bonds is 12. The summed E-state index contributed by atoms with van der Waals surface area (Å²) in [7, 11) is 0. The number of aromatic nitrogens is 1. The molecule has 1 aromatic heterocycles. The number of ketones is 3. The van der Waals surface area contributed by atoms with Crippen LogP contribution in [-0.4, -0.2) is 46.9 Å². The van der Waals surface area contributed by atoms with Gasteiger partial charge in [0.15, 0.2) is 0 Å². The average Bonchev–Trinajstić information content (AvgIpc) is 3.77. The normalized spacial score (nSPS) is 19.3. The molecule has 271 valence electrons. The fourth-order valence-corrected chi connectivity index (χ4v) is 6.15.